The molecule has 0 radical (unpaired) electrons. The fraction of sp³-hybridized carbons (Fsp3) is 0.524. The van der Waals surface area contributed by atoms with Crippen molar-refractivity contribution in [2.24, 2.45) is 16.0 Å². The van der Waals surface area contributed by atoms with E-state index in [-0.39, 0.29) is 0 Å². The van der Waals surface area contributed by atoms with E-state index in [0.29, 0.717) is 0 Å². The van der Waals surface area contributed by atoms with Crippen LogP contribution < -0.4 is 14.3 Å². The molecule has 0 atom stereocenters. The Morgan fingerprint density at radius 1 is 1.19 bits per heavy atom. The molecule has 0 amide bonds. The van der Waals surface area contributed by atoms with Gasteiger partial charge in [-0.15, -0.1) is 11.3 Å². The molecule has 5 nitrogen and oxygen atoms in total. The van der Waals surface area contributed by atoms with E-state index in [0.717, 1.165) is 46.3 Å². The third kappa shape index (κ3) is 4.43. The monoisotopic (exact) mass is 387 g/mol. The number of ether oxygens (including phenoxy) is 2. The van der Waals surface area contributed by atoms with Crippen molar-refractivity contribution in [2.75, 3.05) is 21.3 Å². The molecule has 1 aliphatic rings. The number of rotatable bonds is 6. The van der Waals surface area contributed by atoms with Gasteiger partial charge < -0.3 is 9.47 Å². The first-order valence-corrected chi connectivity index (χ1v) is 10.5. The van der Waals surface area contributed by atoms with Crippen molar-refractivity contribution in [1.29, 1.82) is 0 Å². The smallest absolute Gasteiger partial charge is 0.205 e. The molecule has 0 spiro atoms. The van der Waals surface area contributed by atoms with Crippen molar-refractivity contribution < 1.29 is 9.47 Å². The number of benzene rings is 1. The summed E-state index contributed by atoms with van der Waals surface area (Å²) in [7, 11) is 5.16. The number of aromatic nitrogens is 1. The zero-order chi connectivity index (χ0) is 19.2. The van der Waals surface area contributed by atoms with Gasteiger partial charge in [-0.05, 0) is 43.7 Å². The summed E-state index contributed by atoms with van der Waals surface area (Å²) in [6.07, 6.45) is 7.26. The van der Waals surface area contributed by atoms with Crippen LogP contribution in [0.2, 0.25) is 0 Å². The molecule has 0 unspecified atom stereocenters. The molecular weight excluding hydrogens is 358 g/mol. The van der Waals surface area contributed by atoms with Crippen molar-refractivity contribution in [3.05, 3.63) is 28.4 Å². The van der Waals surface area contributed by atoms with Gasteiger partial charge in [-0.25, -0.2) is 4.68 Å². The molecule has 0 N–H and O–H groups in total. The maximum atomic E-state index is 5.60. The Morgan fingerprint density at radius 3 is 2.59 bits per heavy atom. The van der Waals surface area contributed by atoms with Crippen molar-refractivity contribution in [3.8, 4) is 22.8 Å². The zero-order valence-corrected chi connectivity index (χ0v) is 17.5. The summed E-state index contributed by atoms with van der Waals surface area (Å²) in [5.41, 5.74) is 3.26. The Hall–Kier alpha value is -2.08. The Balaban J connectivity index is 1.96. The summed E-state index contributed by atoms with van der Waals surface area (Å²) in [5, 5.41) is 7.10. The third-order valence-electron chi connectivity index (χ3n) is 5.18. The molecule has 0 saturated heterocycles. The normalized spacial score (nSPS) is 17.9. The van der Waals surface area contributed by atoms with Crippen molar-refractivity contribution >= 4 is 17.0 Å². The zero-order valence-electron chi connectivity index (χ0n) is 16.7. The van der Waals surface area contributed by atoms with Crippen LogP contribution in [0.15, 0.2) is 33.7 Å². The van der Waals surface area contributed by atoms with E-state index in [9.17, 15) is 0 Å². The summed E-state index contributed by atoms with van der Waals surface area (Å²) < 4.78 is 12.9. The second kappa shape index (κ2) is 9.22. The maximum absolute atomic E-state index is 5.60. The highest BCUT2D eigenvalue weighted by molar-refractivity contribution is 7.07. The third-order valence-corrected chi connectivity index (χ3v) is 6.09. The molecule has 1 aromatic carbocycles. The lowest BCUT2D eigenvalue weighted by Crippen LogP contribution is -2.19. The summed E-state index contributed by atoms with van der Waals surface area (Å²) in [6.45, 7) is 2.27. The average Bonchev–Trinajstić information content (AvgIpc) is 3.11. The number of thiazole rings is 1. The van der Waals surface area contributed by atoms with Crippen molar-refractivity contribution in [1.82, 2.24) is 4.68 Å². The highest BCUT2D eigenvalue weighted by atomic mass is 32.1. The van der Waals surface area contributed by atoms with Gasteiger partial charge in [-0.1, -0.05) is 19.8 Å². The number of methoxy groups -OCH3 is 2. The van der Waals surface area contributed by atoms with Crippen molar-refractivity contribution in [2.45, 2.75) is 45.4 Å². The summed E-state index contributed by atoms with van der Waals surface area (Å²) in [4.78, 5) is 5.32. The molecule has 146 valence electrons. The summed E-state index contributed by atoms with van der Waals surface area (Å²) >= 11 is 1.60. The minimum atomic E-state index is 0.774. The first-order chi connectivity index (χ1) is 13.2. The van der Waals surface area contributed by atoms with Gasteiger partial charge in [0.2, 0.25) is 4.80 Å². The lowest BCUT2D eigenvalue weighted by Gasteiger charge is -2.22. The lowest BCUT2D eigenvalue weighted by atomic mass is 9.85. The number of nitrogens with zero attached hydrogens (tertiary/aromatic N) is 3. The minimum Gasteiger partial charge on any atom is -0.497 e. The van der Waals surface area contributed by atoms with Gasteiger partial charge in [0, 0.05) is 29.8 Å². The lowest BCUT2D eigenvalue weighted by molar-refractivity contribution is 0.395. The predicted octanol–water partition coefficient (Wildman–Crippen LogP) is 4.96. The second-order valence-electron chi connectivity index (χ2n) is 6.90. The maximum Gasteiger partial charge on any atom is 0.205 e. The largest absolute Gasteiger partial charge is 0.497 e. The van der Waals surface area contributed by atoms with Crippen LogP contribution in [0.5, 0.6) is 11.5 Å². The molecule has 27 heavy (non-hydrogen) atoms. The second-order valence-corrected chi connectivity index (χ2v) is 7.74. The Labute approximate surface area is 165 Å². The minimum absolute atomic E-state index is 0.774. The molecule has 1 saturated carbocycles. The Morgan fingerprint density at radius 2 is 1.96 bits per heavy atom. The molecule has 1 fully saturated rings. The molecule has 1 aromatic heterocycles. The van der Waals surface area contributed by atoms with E-state index in [2.05, 4.69) is 17.3 Å². The van der Waals surface area contributed by atoms with Crippen LogP contribution in [0.4, 0.5) is 0 Å². The van der Waals surface area contributed by atoms with Gasteiger partial charge in [-0.3, -0.25) is 4.99 Å². The number of hydrogen-bond acceptors (Lipinski definition) is 5. The fourth-order valence-electron chi connectivity index (χ4n) is 3.69. The van der Waals surface area contributed by atoms with Crippen LogP contribution in [0.3, 0.4) is 0 Å². The van der Waals surface area contributed by atoms with Crippen LogP contribution in [-0.2, 0) is 0 Å². The fourth-order valence-corrected chi connectivity index (χ4v) is 4.48. The summed E-state index contributed by atoms with van der Waals surface area (Å²) in [6, 6.07) is 5.88. The van der Waals surface area contributed by atoms with E-state index < -0.39 is 0 Å². The first-order valence-electron chi connectivity index (χ1n) is 9.62. The molecule has 1 aliphatic carbocycles. The van der Waals surface area contributed by atoms with E-state index in [1.807, 2.05) is 29.9 Å². The van der Waals surface area contributed by atoms with Gasteiger partial charge in [0.05, 0.1) is 19.9 Å². The van der Waals surface area contributed by atoms with Gasteiger partial charge >= 0.3 is 0 Å². The van der Waals surface area contributed by atoms with Crippen molar-refractivity contribution in [3.63, 3.8) is 0 Å². The summed E-state index contributed by atoms with van der Waals surface area (Å²) in [5.74, 6) is 2.41. The predicted molar refractivity (Wildman–Crippen MR) is 112 cm³/mol. The highest BCUT2D eigenvalue weighted by Gasteiger charge is 2.19. The Kier molecular flexibility index (Phi) is 6.72. The molecule has 0 bridgehead atoms. The standard InChI is InChI=1S/C21H29N3O2S/c1-5-6-15-7-9-16(10-8-15)23-24-19(14-27-21(24)22-2)18-12-11-17(25-3)13-20(18)26-4/h11-15H,5-10H2,1-4H3. The Bertz CT molecular complexity index is 857. The van der Waals surface area contributed by atoms with Crippen LogP contribution in [0, 0.1) is 5.92 Å². The van der Waals surface area contributed by atoms with E-state index >= 15 is 0 Å². The van der Waals surface area contributed by atoms with Gasteiger partial charge in [0.15, 0.2) is 0 Å². The molecule has 6 heteroatoms. The molecule has 1 heterocycles. The van der Waals surface area contributed by atoms with Gasteiger partial charge in [0.25, 0.3) is 0 Å². The molecule has 0 aliphatic heterocycles. The molecule has 2 aromatic rings. The first kappa shape index (κ1) is 19.7. The van der Waals surface area contributed by atoms with Crippen LogP contribution in [0.25, 0.3) is 11.3 Å². The quantitative estimate of drug-likeness (QED) is 0.703. The average molecular weight is 388 g/mol. The van der Waals surface area contributed by atoms with Crippen LogP contribution in [-0.4, -0.2) is 31.7 Å². The van der Waals surface area contributed by atoms with Crippen LogP contribution >= 0.6 is 11.3 Å². The topological polar surface area (TPSA) is 48.1 Å². The van der Waals surface area contributed by atoms with E-state index in [4.69, 9.17) is 14.6 Å². The number of hydrogen-bond donors (Lipinski definition) is 0. The van der Waals surface area contributed by atoms with Crippen LogP contribution in [0.1, 0.15) is 45.4 Å². The molecular formula is C21H29N3O2S. The molecule has 3 rings (SSSR count). The van der Waals surface area contributed by atoms with Gasteiger partial charge in [0.1, 0.15) is 11.5 Å². The SMILES string of the molecule is CCCC1CCC(=Nn2c(-c3ccc(OC)cc3OC)csc2=NC)CC1. The highest BCUT2D eigenvalue weighted by Crippen LogP contribution is 2.34. The van der Waals surface area contributed by atoms with E-state index in [1.165, 1.54) is 31.4 Å². The van der Waals surface area contributed by atoms with Gasteiger partial charge in [-0.2, -0.15) is 5.10 Å². The van der Waals surface area contributed by atoms with E-state index in [1.54, 1.807) is 25.6 Å².